The van der Waals surface area contributed by atoms with Crippen LogP contribution in [0, 0.1) is 0 Å². The number of hydrogen-bond acceptors (Lipinski definition) is 2. The first kappa shape index (κ1) is 12.5. The Morgan fingerprint density at radius 1 is 1.05 bits per heavy atom. The highest BCUT2D eigenvalue weighted by Gasteiger charge is 2.23. The zero-order valence-electron chi connectivity index (χ0n) is 10.8. The van der Waals surface area contributed by atoms with E-state index in [-0.39, 0.29) is 18.1 Å². The second-order valence-electron chi connectivity index (χ2n) is 4.84. The number of fused-ring (bicyclic) bond motifs is 1. The molecule has 1 aliphatic rings. The smallest absolute Gasteiger partial charge is 0.352 e. The number of carbonyl (C=O) groups excluding carboxylic acids is 1. The molecule has 1 aliphatic heterocycles. The Bertz CT molecular complexity index is 650. The molecule has 5 heteroatoms. The Labute approximate surface area is 116 Å². The molecular formula is C15H14N2O3. The molecule has 0 spiro atoms. The van der Waals surface area contributed by atoms with Crippen LogP contribution in [0.25, 0.3) is 0 Å². The number of carbonyl (C=O) groups is 2. The van der Waals surface area contributed by atoms with Crippen molar-refractivity contribution in [1.29, 1.82) is 0 Å². The summed E-state index contributed by atoms with van der Waals surface area (Å²) in [6.45, 7) is 1.25. The minimum absolute atomic E-state index is 0.0582. The first-order valence-electron chi connectivity index (χ1n) is 6.38. The first-order valence-corrected chi connectivity index (χ1v) is 6.38. The van der Waals surface area contributed by atoms with Gasteiger partial charge in [-0.25, -0.2) is 4.79 Å². The molecule has 0 atom stereocenters. The lowest BCUT2D eigenvalue weighted by atomic mass is 10.1. The van der Waals surface area contributed by atoms with Crippen LogP contribution in [0.3, 0.4) is 0 Å². The summed E-state index contributed by atoms with van der Waals surface area (Å²) in [5.74, 6) is -1.09. The van der Waals surface area contributed by atoms with E-state index >= 15 is 0 Å². The van der Waals surface area contributed by atoms with Gasteiger partial charge in [-0.3, -0.25) is 4.79 Å². The third-order valence-electron chi connectivity index (χ3n) is 3.55. The average molecular weight is 270 g/mol. The van der Waals surface area contributed by atoms with Crippen LogP contribution in [-0.2, 0) is 24.4 Å². The number of carboxylic acids is 1. The van der Waals surface area contributed by atoms with E-state index in [1.807, 2.05) is 24.3 Å². The van der Waals surface area contributed by atoms with Gasteiger partial charge in [0.05, 0.1) is 0 Å². The third kappa shape index (κ3) is 2.18. The van der Waals surface area contributed by atoms with E-state index in [9.17, 15) is 9.59 Å². The summed E-state index contributed by atoms with van der Waals surface area (Å²) in [5, 5.41) is 9.03. The van der Waals surface area contributed by atoms with Crippen molar-refractivity contribution in [3.8, 4) is 0 Å². The van der Waals surface area contributed by atoms with Crippen LogP contribution in [0.5, 0.6) is 0 Å². The van der Waals surface area contributed by atoms with Gasteiger partial charge in [-0.2, -0.15) is 0 Å². The van der Waals surface area contributed by atoms with E-state index in [4.69, 9.17) is 5.11 Å². The molecule has 0 bridgehead atoms. The number of amides is 1. The summed E-state index contributed by atoms with van der Waals surface area (Å²) < 4.78 is 1.47. The van der Waals surface area contributed by atoms with Gasteiger partial charge >= 0.3 is 5.97 Å². The molecule has 0 unspecified atom stereocenters. The topological polar surface area (TPSA) is 62.5 Å². The van der Waals surface area contributed by atoms with Gasteiger partial charge in [-0.05, 0) is 23.3 Å². The quantitative estimate of drug-likeness (QED) is 0.923. The monoisotopic (exact) mass is 270 g/mol. The Balaban J connectivity index is 1.73. The Kier molecular flexibility index (Phi) is 3.02. The molecule has 1 amide bonds. The molecule has 1 aromatic carbocycles. The van der Waals surface area contributed by atoms with Gasteiger partial charge < -0.3 is 14.6 Å². The fourth-order valence-electron chi connectivity index (χ4n) is 2.50. The third-order valence-corrected chi connectivity index (χ3v) is 3.55. The molecule has 0 saturated carbocycles. The van der Waals surface area contributed by atoms with Gasteiger partial charge in [0.1, 0.15) is 12.2 Å². The van der Waals surface area contributed by atoms with Crippen LogP contribution in [0.2, 0.25) is 0 Å². The maximum Gasteiger partial charge on any atom is 0.352 e. The highest BCUT2D eigenvalue weighted by Crippen LogP contribution is 2.22. The summed E-state index contributed by atoms with van der Waals surface area (Å²) in [4.78, 5) is 25.0. The van der Waals surface area contributed by atoms with Crippen molar-refractivity contribution in [2.75, 3.05) is 0 Å². The highest BCUT2D eigenvalue weighted by atomic mass is 16.4. The lowest BCUT2D eigenvalue weighted by Crippen LogP contribution is -2.29. The lowest BCUT2D eigenvalue weighted by molar-refractivity contribution is -0.132. The molecule has 0 radical (unpaired) electrons. The molecule has 1 N–H and O–H groups in total. The second kappa shape index (κ2) is 4.85. The molecule has 0 saturated heterocycles. The number of aromatic nitrogens is 1. The summed E-state index contributed by atoms with van der Waals surface area (Å²) in [6.07, 6.45) is 1.62. The maximum atomic E-state index is 12.3. The van der Waals surface area contributed by atoms with Gasteiger partial charge in [0.15, 0.2) is 0 Å². The zero-order chi connectivity index (χ0) is 14.1. The number of carboxylic acid groups (broad SMARTS) is 1. The van der Waals surface area contributed by atoms with Gasteiger partial charge in [0, 0.05) is 19.3 Å². The Morgan fingerprint density at radius 2 is 1.70 bits per heavy atom. The van der Waals surface area contributed by atoms with Crippen molar-refractivity contribution in [3.05, 3.63) is 59.4 Å². The normalized spacial score (nSPS) is 13.3. The molecule has 2 aromatic rings. The molecule has 1 aromatic heterocycles. The summed E-state index contributed by atoms with van der Waals surface area (Å²) in [6, 6.07) is 11.1. The molecule has 20 heavy (non-hydrogen) atoms. The number of hydrogen-bond donors (Lipinski definition) is 1. The predicted molar refractivity (Wildman–Crippen MR) is 72.1 cm³/mol. The summed E-state index contributed by atoms with van der Waals surface area (Å²) in [7, 11) is 0. The highest BCUT2D eigenvalue weighted by molar-refractivity contribution is 5.87. The zero-order valence-corrected chi connectivity index (χ0v) is 10.8. The molecule has 5 nitrogen and oxygen atoms in total. The van der Waals surface area contributed by atoms with Gasteiger partial charge in [0.25, 0.3) is 0 Å². The molecular weight excluding hydrogens is 256 g/mol. The van der Waals surface area contributed by atoms with Gasteiger partial charge in [-0.1, -0.05) is 24.3 Å². The van der Waals surface area contributed by atoms with Crippen molar-refractivity contribution in [1.82, 2.24) is 9.47 Å². The molecule has 0 fully saturated rings. The Hall–Kier alpha value is -2.56. The van der Waals surface area contributed by atoms with Crippen LogP contribution < -0.4 is 0 Å². The van der Waals surface area contributed by atoms with E-state index in [0.717, 1.165) is 11.1 Å². The van der Waals surface area contributed by atoms with Crippen LogP contribution in [0.15, 0.2) is 42.6 Å². The van der Waals surface area contributed by atoms with Crippen molar-refractivity contribution >= 4 is 11.9 Å². The number of nitrogens with zero attached hydrogens (tertiary/aromatic N) is 2. The van der Waals surface area contributed by atoms with Crippen molar-refractivity contribution in [3.63, 3.8) is 0 Å². The van der Waals surface area contributed by atoms with Gasteiger partial charge in [-0.15, -0.1) is 0 Å². The number of rotatable bonds is 3. The minimum Gasteiger partial charge on any atom is -0.477 e. The predicted octanol–water partition coefficient (Wildman–Crippen LogP) is 1.73. The average Bonchev–Trinajstić information content (AvgIpc) is 3.03. The largest absolute Gasteiger partial charge is 0.477 e. The van der Waals surface area contributed by atoms with E-state index in [1.165, 1.54) is 10.6 Å². The van der Waals surface area contributed by atoms with E-state index in [1.54, 1.807) is 17.2 Å². The Morgan fingerprint density at radius 3 is 2.30 bits per heavy atom. The minimum atomic E-state index is -1.02. The van der Waals surface area contributed by atoms with E-state index in [2.05, 4.69) is 0 Å². The van der Waals surface area contributed by atoms with Crippen LogP contribution in [-0.4, -0.2) is 26.5 Å². The lowest BCUT2D eigenvalue weighted by Gasteiger charge is -2.16. The standard InChI is InChI=1S/C15H14N2O3/c18-14(10-16-7-3-6-13(16)15(19)20)17-8-11-4-1-2-5-12(11)9-17/h1-7H,8-10H2,(H,19,20). The van der Waals surface area contributed by atoms with Crippen molar-refractivity contribution < 1.29 is 14.7 Å². The van der Waals surface area contributed by atoms with Crippen molar-refractivity contribution in [2.45, 2.75) is 19.6 Å². The molecule has 3 rings (SSSR count). The van der Waals surface area contributed by atoms with Crippen LogP contribution in [0.4, 0.5) is 0 Å². The first-order chi connectivity index (χ1) is 9.65. The fraction of sp³-hybridized carbons (Fsp3) is 0.200. The van der Waals surface area contributed by atoms with Gasteiger partial charge in [0.2, 0.25) is 5.91 Å². The van der Waals surface area contributed by atoms with Crippen LogP contribution in [0.1, 0.15) is 21.6 Å². The fourth-order valence-corrected chi connectivity index (χ4v) is 2.50. The molecule has 2 heterocycles. The number of aromatic carboxylic acids is 1. The second-order valence-corrected chi connectivity index (χ2v) is 4.84. The van der Waals surface area contributed by atoms with Crippen molar-refractivity contribution in [2.24, 2.45) is 0 Å². The SMILES string of the molecule is O=C(O)c1cccn1CC(=O)N1Cc2ccccc2C1. The van der Waals surface area contributed by atoms with E-state index in [0.29, 0.717) is 13.1 Å². The molecule has 0 aliphatic carbocycles. The van der Waals surface area contributed by atoms with E-state index < -0.39 is 5.97 Å². The van der Waals surface area contributed by atoms with Crippen LogP contribution >= 0.6 is 0 Å². The molecule has 102 valence electrons. The number of benzene rings is 1. The maximum absolute atomic E-state index is 12.3. The summed E-state index contributed by atoms with van der Waals surface area (Å²) >= 11 is 0. The summed E-state index contributed by atoms with van der Waals surface area (Å²) in [5.41, 5.74) is 2.45.